The van der Waals surface area contributed by atoms with Crippen molar-refractivity contribution in [2.24, 2.45) is 4.36 Å². The Balaban J connectivity index is 3.31. The second kappa shape index (κ2) is 5.54. The van der Waals surface area contributed by atoms with Crippen molar-refractivity contribution in [3.8, 4) is 0 Å². The van der Waals surface area contributed by atoms with Gasteiger partial charge in [-0.15, -0.1) is 0 Å². The largest absolute Gasteiger partial charge is 0.444 e. The van der Waals surface area contributed by atoms with Crippen molar-refractivity contribution in [3.05, 3.63) is 28.8 Å². The van der Waals surface area contributed by atoms with Gasteiger partial charge in [0, 0.05) is 0 Å². The van der Waals surface area contributed by atoms with E-state index in [1.165, 1.54) is 0 Å². The molecule has 1 rings (SSSR count). The van der Waals surface area contributed by atoms with Crippen molar-refractivity contribution in [1.82, 2.24) is 0 Å². The molecular formula is C14H21NO4S. The van der Waals surface area contributed by atoms with Gasteiger partial charge < -0.3 is 4.74 Å². The molecule has 1 N–H and O–H groups in total. The van der Waals surface area contributed by atoms with Crippen LogP contribution in [0.2, 0.25) is 0 Å². The fourth-order valence-electron chi connectivity index (χ4n) is 2.01. The maximum atomic E-state index is 12.3. The zero-order chi connectivity index (χ0) is 15.7. The van der Waals surface area contributed by atoms with E-state index in [0.717, 1.165) is 5.56 Å². The predicted molar refractivity (Wildman–Crippen MR) is 78.4 cm³/mol. The van der Waals surface area contributed by atoms with Crippen LogP contribution < -0.4 is 0 Å². The number of amides is 1. The van der Waals surface area contributed by atoms with E-state index < -0.39 is 21.7 Å². The zero-order valence-corrected chi connectivity index (χ0v) is 13.5. The number of ether oxygens (including phenoxy) is 1. The second-order valence-corrected chi connectivity index (χ2v) is 7.38. The third kappa shape index (κ3) is 4.31. The summed E-state index contributed by atoms with van der Waals surface area (Å²) in [6, 6.07) is 3.56. The number of hydrogen-bond donors (Lipinski definition) is 1. The summed E-state index contributed by atoms with van der Waals surface area (Å²) in [6.07, 6.45) is -1.04. The van der Waals surface area contributed by atoms with Crippen LogP contribution in [0.5, 0.6) is 0 Å². The standard InChI is InChI=1S/C14H21NO4S/c1-9-7-10(2)12(11(3)8-9)20(17,18)15-13(16)19-14(4,5)6/h7-8H,1-6H3,(H,15,16,17,18). The fraction of sp³-hybridized carbons (Fsp3) is 0.500. The third-order valence-corrected chi connectivity index (χ3v) is 4.03. The van der Waals surface area contributed by atoms with Gasteiger partial charge in [-0.25, -0.2) is 9.00 Å². The van der Waals surface area contributed by atoms with E-state index in [0.29, 0.717) is 11.1 Å². The Bertz CT molecular complexity index is 627. The van der Waals surface area contributed by atoms with Crippen molar-refractivity contribution in [2.45, 2.75) is 52.0 Å². The molecule has 6 heteroatoms. The highest BCUT2D eigenvalue weighted by Gasteiger charge is 2.21. The molecule has 0 heterocycles. The first kappa shape index (κ1) is 16.7. The van der Waals surface area contributed by atoms with Crippen LogP contribution in [0, 0.1) is 20.8 Å². The summed E-state index contributed by atoms with van der Waals surface area (Å²) in [7, 11) is -3.81. The zero-order valence-electron chi connectivity index (χ0n) is 12.7. The van der Waals surface area contributed by atoms with E-state index in [9.17, 15) is 13.6 Å². The van der Waals surface area contributed by atoms with Gasteiger partial charge in [-0.2, -0.15) is 0 Å². The normalized spacial score (nSPS) is 14.6. The molecule has 1 unspecified atom stereocenters. The molecular weight excluding hydrogens is 278 g/mol. The molecule has 0 radical (unpaired) electrons. The van der Waals surface area contributed by atoms with Gasteiger partial charge in [0.15, 0.2) is 0 Å². The van der Waals surface area contributed by atoms with Crippen LogP contribution in [0.25, 0.3) is 0 Å². The van der Waals surface area contributed by atoms with Crippen LogP contribution in [0.15, 0.2) is 21.4 Å². The number of carbonyl (C=O) groups is 1. The first-order chi connectivity index (χ1) is 8.92. The monoisotopic (exact) mass is 299 g/mol. The van der Waals surface area contributed by atoms with Crippen molar-refractivity contribution >= 4 is 16.1 Å². The van der Waals surface area contributed by atoms with Gasteiger partial charge in [0.2, 0.25) is 10.0 Å². The highest BCUT2D eigenvalue weighted by molar-refractivity contribution is 7.88. The number of rotatable bonds is 1. The molecule has 0 saturated carbocycles. The molecule has 0 fully saturated rings. The second-order valence-electron chi connectivity index (χ2n) is 5.80. The summed E-state index contributed by atoms with van der Waals surface area (Å²) in [5.41, 5.74) is 1.48. The van der Waals surface area contributed by atoms with Crippen LogP contribution in [0.4, 0.5) is 4.79 Å². The molecule has 1 atom stereocenters. The molecule has 0 aliphatic heterocycles. The molecule has 0 aliphatic carbocycles. The first-order valence-electron chi connectivity index (χ1n) is 6.23. The van der Waals surface area contributed by atoms with E-state index in [4.69, 9.17) is 4.74 Å². The number of nitrogens with zero attached hydrogens (tertiary/aromatic N) is 1. The molecule has 1 amide bonds. The van der Waals surface area contributed by atoms with Crippen molar-refractivity contribution in [1.29, 1.82) is 0 Å². The van der Waals surface area contributed by atoms with Gasteiger partial charge >= 0.3 is 6.09 Å². The molecule has 0 spiro atoms. The Morgan fingerprint density at radius 3 is 2.05 bits per heavy atom. The molecule has 20 heavy (non-hydrogen) atoms. The predicted octanol–water partition coefficient (Wildman–Crippen LogP) is 3.85. The van der Waals surface area contributed by atoms with E-state index >= 15 is 0 Å². The fourth-order valence-corrected chi connectivity index (χ4v) is 3.30. The summed E-state index contributed by atoms with van der Waals surface area (Å²) in [5.74, 6) is 0. The summed E-state index contributed by atoms with van der Waals surface area (Å²) >= 11 is 0. The van der Waals surface area contributed by atoms with Gasteiger partial charge in [-0.3, -0.25) is 4.55 Å². The van der Waals surface area contributed by atoms with Crippen LogP contribution in [-0.4, -0.2) is 20.5 Å². The topological polar surface area (TPSA) is 76.0 Å². The molecule has 0 aromatic heterocycles. The first-order valence-corrected chi connectivity index (χ1v) is 7.70. The third-order valence-electron chi connectivity index (χ3n) is 2.46. The van der Waals surface area contributed by atoms with Crippen molar-refractivity contribution in [3.63, 3.8) is 0 Å². The highest BCUT2D eigenvalue weighted by atomic mass is 32.2. The van der Waals surface area contributed by atoms with Gasteiger partial charge in [0.1, 0.15) is 5.60 Å². The minimum atomic E-state index is -3.81. The van der Waals surface area contributed by atoms with E-state index in [-0.39, 0.29) is 4.90 Å². The number of aryl methyl sites for hydroxylation is 3. The molecule has 0 saturated heterocycles. The number of carbonyl (C=O) groups excluding carboxylic acids is 1. The van der Waals surface area contributed by atoms with E-state index in [2.05, 4.69) is 4.36 Å². The molecule has 0 aliphatic rings. The SMILES string of the molecule is Cc1cc(C)c(S(=O)(O)=NC(=O)OC(C)(C)C)c(C)c1. The minimum Gasteiger partial charge on any atom is -0.442 e. The lowest BCUT2D eigenvalue weighted by Crippen LogP contribution is -2.22. The Kier molecular flexibility index (Phi) is 4.61. The Morgan fingerprint density at radius 2 is 1.65 bits per heavy atom. The van der Waals surface area contributed by atoms with Crippen LogP contribution >= 0.6 is 0 Å². The average molecular weight is 299 g/mol. The van der Waals surface area contributed by atoms with Crippen LogP contribution in [0.3, 0.4) is 0 Å². The Hall–Kier alpha value is -1.40. The van der Waals surface area contributed by atoms with Gasteiger partial charge in [0.25, 0.3) is 0 Å². The molecule has 5 nitrogen and oxygen atoms in total. The highest BCUT2D eigenvalue weighted by Crippen LogP contribution is 2.23. The smallest absolute Gasteiger partial charge is 0.442 e. The summed E-state index contributed by atoms with van der Waals surface area (Å²) in [4.78, 5) is 11.8. The van der Waals surface area contributed by atoms with E-state index in [1.807, 2.05) is 6.92 Å². The van der Waals surface area contributed by atoms with Crippen molar-refractivity contribution in [2.75, 3.05) is 0 Å². The van der Waals surface area contributed by atoms with Gasteiger partial charge in [-0.1, -0.05) is 22.1 Å². The lowest BCUT2D eigenvalue weighted by Gasteiger charge is -2.18. The number of hydrogen-bond acceptors (Lipinski definition) is 3. The molecule has 112 valence electrons. The maximum absolute atomic E-state index is 12.3. The quantitative estimate of drug-likeness (QED) is 0.854. The lowest BCUT2D eigenvalue weighted by molar-refractivity contribution is 0.0606. The minimum absolute atomic E-state index is 0.175. The Labute approximate surface area is 120 Å². The average Bonchev–Trinajstić information content (AvgIpc) is 2.08. The van der Waals surface area contributed by atoms with E-state index in [1.54, 1.807) is 46.8 Å². The molecule has 0 bridgehead atoms. The summed E-state index contributed by atoms with van der Waals surface area (Å²) in [6.45, 7) is 10.3. The number of benzene rings is 1. The summed E-state index contributed by atoms with van der Waals surface area (Å²) in [5, 5.41) is 0. The van der Waals surface area contributed by atoms with Crippen molar-refractivity contribution < 1.29 is 18.3 Å². The Morgan fingerprint density at radius 1 is 1.20 bits per heavy atom. The van der Waals surface area contributed by atoms with Crippen LogP contribution in [0.1, 0.15) is 37.5 Å². The van der Waals surface area contributed by atoms with Gasteiger partial charge in [0.05, 0.1) is 4.90 Å². The molecule has 1 aromatic rings. The van der Waals surface area contributed by atoms with Gasteiger partial charge in [-0.05, 0) is 52.7 Å². The summed E-state index contributed by atoms with van der Waals surface area (Å²) < 4.78 is 30.7. The molecule has 1 aromatic carbocycles. The van der Waals surface area contributed by atoms with Crippen LogP contribution in [-0.2, 0) is 14.7 Å². The lowest BCUT2D eigenvalue weighted by atomic mass is 10.1. The maximum Gasteiger partial charge on any atom is 0.444 e.